The van der Waals surface area contributed by atoms with Gasteiger partial charge < -0.3 is 10.6 Å². The summed E-state index contributed by atoms with van der Waals surface area (Å²) in [5.74, 6) is 0.891. The summed E-state index contributed by atoms with van der Waals surface area (Å²) in [6, 6.07) is 0. The lowest BCUT2D eigenvalue weighted by molar-refractivity contribution is 0.145. The maximum atomic E-state index is 5.50. The van der Waals surface area contributed by atoms with Crippen molar-refractivity contribution >= 4 is 0 Å². The molecule has 0 spiro atoms. The average molecular weight is 221 g/mol. The zero-order chi connectivity index (χ0) is 11.4. The standard InChI is InChI=1S/C11H19N5/c1-15-2-4-16(5-3-15)9-11-13-7-10(6-12)8-14-11/h7-8H,2-6,9,12H2,1H3. The number of piperazine rings is 1. The van der Waals surface area contributed by atoms with Crippen LogP contribution < -0.4 is 5.73 Å². The van der Waals surface area contributed by atoms with E-state index in [1.807, 2.05) is 12.4 Å². The summed E-state index contributed by atoms with van der Waals surface area (Å²) in [4.78, 5) is 13.4. The molecule has 0 unspecified atom stereocenters. The molecule has 2 rings (SSSR count). The van der Waals surface area contributed by atoms with E-state index in [1.54, 1.807) is 0 Å². The lowest BCUT2D eigenvalue weighted by atomic mass is 10.3. The van der Waals surface area contributed by atoms with Gasteiger partial charge in [-0.1, -0.05) is 0 Å². The summed E-state index contributed by atoms with van der Waals surface area (Å²) in [5, 5.41) is 0. The molecule has 1 aliphatic rings. The highest BCUT2D eigenvalue weighted by Crippen LogP contribution is 2.04. The Kier molecular flexibility index (Phi) is 3.82. The molecule has 5 heteroatoms. The minimum absolute atomic E-state index is 0.509. The van der Waals surface area contributed by atoms with Gasteiger partial charge in [0.15, 0.2) is 0 Å². The first-order valence-corrected chi connectivity index (χ1v) is 5.68. The molecule has 88 valence electrons. The van der Waals surface area contributed by atoms with Crippen LogP contribution in [-0.2, 0) is 13.1 Å². The monoisotopic (exact) mass is 221 g/mol. The molecule has 1 fully saturated rings. The number of hydrogen-bond donors (Lipinski definition) is 1. The molecule has 0 aromatic carbocycles. The van der Waals surface area contributed by atoms with E-state index in [0.29, 0.717) is 6.54 Å². The second-order valence-electron chi connectivity index (χ2n) is 4.29. The lowest BCUT2D eigenvalue weighted by Gasteiger charge is -2.31. The average Bonchev–Trinajstić information content (AvgIpc) is 2.33. The quantitative estimate of drug-likeness (QED) is 0.758. The van der Waals surface area contributed by atoms with Crippen molar-refractivity contribution in [3.8, 4) is 0 Å². The van der Waals surface area contributed by atoms with Crippen molar-refractivity contribution in [1.29, 1.82) is 0 Å². The molecule has 16 heavy (non-hydrogen) atoms. The summed E-state index contributed by atoms with van der Waals surface area (Å²) >= 11 is 0. The predicted octanol–water partition coefficient (Wildman–Crippen LogP) is -0.317. The van der Waals surface area contributed by atoms with Crippen molar-refractivity contribution in [3.63, 3.8) is 0 Å². The van der Waals surface area contributed by atoms with E-state index in [9.17, 15) is 0 Å². The molecule has 0 radical (unpaired) electrons. The lowest BCUT2D eigenvalue weighted by Crippen LogP contribution is -2.44. The van der Waals surface area contributed by atoms with Crippen molar-refractivity contribution < 1.29 is 0 Å². The maximum Gasteiger partial charge on any atom is 0.142 e. The first-order valence-electron chi connectivity index (χ1n) is 5.68. The molecule has 0 amide bonds. The molecule has 1 aromatic heterocycles. The van der Waals surface area contributed by atoms with E-state index in [4.69, 9.17) is 5.73 Å². The van der Waals surface area contributed by atoms with E-state index in [2.05, 4.69) is 26.8 Å². The summed E-state index contributed by atoms with van der Waals surface area (Å²) in [6.45, 7) is 5.80. The SMILES string of the molecule is CN1CCN(Cc2ncc(CN)cn2)CC1. The molecule has 1 saturated heterocycles. The molecule has 1 aromatic rings. The Morgan fingerprint density at radius 3 is 2.38 bits per heavy atom. The van der Waals surface area contributed by atoms with Gasteiger partial charge in [0.25, 0.3) is 0 Å². The topological polar surface area (TPSA) is 58.3 Å². The zero-order valence-corrected chi connectivity index (χ0v) is 9.76. The summed E-state index contributed by atoms with van der Waals surface area (Å²) in [5.41, 5.74) is 6.49. The molecule has 2 N–H and O–H groups in total. The van der Waals surface area contributed by atoms with Crippen LogP contribution in [0.2, 0.25) is 0 Å². The van der Waals surface area contributed by atoms with Gasteiger partial charge in [0.05, 0.1) is 6.54 Å². The van der Waals surface area contributed by atoms with Gasteiger partial charge in [0.1, 0.15) is 5.82 Å². The number of likely N-dealkylation sites (N-methyl/N-ethyl adjacent to an activating group) is 1. The third kappa shape index (κ3) is 2.98. The zero-order valence-electron chi connectivity index (χ0n) is 9.76. The summed E-state index contributed by atoms with van der Waals surface area (Å²) < 4.78 is 0. The van der Waals surface area contributed by atoms with E-state index in [0.717, 1.165) is 44.1 Å². The molecule has 5 nitrogen and oxygen atoms in total. The van der Waals surface area contributed by atoms with Crippen LogP contribution in [0.1, 0.15) is 11.4 Å². The van der Waals surface area contributed by atoms with Crippen LogP contribution in [0.4, 0.5) is 0 Å². The normalized spacial score (nSPS) is 18.9. The Balaban J connectivity index is 1.88. The molecule has 0 atom stereocenters. The Morgan fingerprint density at radius 1 is 1.19 bits per heavy atom. The Labute approximate surface area is 96.3 Å². The van der Waals surface area contributed by atoms with E-state index in [-0.39, 0.29) is 0 Å². The number of rotatable bonds is 3. The molecule has 0 saturated carbocycles. The Morgan fingerprint density at radius 2 is 1.81 bits per heavy atom. The third-order valence-corrected chi connectivity index (χ3v) is 2.96. The van der Waals surface area contributed by atoms with Crippen LogP contribution in [0, 0.1) is 0 Å². The van der Waals surface area contributed by atoms with Crippen molar-refractivity contribution in [2.45, 2.75) is 13.1 Å². The Bertz CT molecular complexity index is 316. The van der Waals surface area contributed by atoms with Crippen molar-refractivity contribution in [2.75, 3.05) is 33.2 Å². The fourth-order valence-corrected chi connectivity index (χ4v) is 1.77. The fraction of sp³-hybridized carbons (Fsp3) is 0.636. The van der Waals surface area contributed by atoms with Crippen LogP contribution in [0.15, 0.2) is 12.4 Å². The van der Waals surface area contributed by atoms with Gasteiger partial charge in [-0.25, -0.2) is 9.97 Å². The van der Waals surface area contributed by atoms with Crippen LogP contribution in [0.3, 0.4) is 0 Å². The van der Waals surface area contributed by atoms with Gasteiger partial charge in [-0.2, -0.15) is 0 Å². The first kappa shape index (κ1) is 11.4. The molecular weight excluding hydrogens is 202 g/mol. The van der Waals surface area contributed by atoms with Gasteiger partial charge >= 0.3 is 0 Å². The minimum Gasteiger partial charge on any atom is -0.326 e. The van der Waals surface area contributed by atoms with Crippen LogP contribution >= 0.6 is 0 Å². The minimum atomic E-state index is 0.509. The maximum absolute atomic E-state index is 5.50. The van der Waals surface area contributed by atoms with E-state index >= 15 is 0 Å². The summed E-state index contributed by atoms with van der Waals surface area (Å²) in [7, 11) is 2.16. The predicted molar refractivity (Wildman–Crippen MR) is 62.7 cm³/mol. The highest BCUT2D eigenvalue weighted by Gasteiger charge is 2.14. The fourth-order valence-electron chi connectivity index (χ4n) is 1.77. The van der Waals surface area contributed by atoms with Gasteiger partial charge in [-0.15, -0.1) is 0 Å². The third-order valence-electron chi connectivity index (χ3n) is 2.96. The molecule has 0 bridgehead atoms. The van der Waals surface area contributed by atoms with Crippen LogP contribution in [0.5, 0.6) is 0 Å². The smallest absolute Gasteiger partial charge is 0.142 e. The molecular formula is C11H19N5. The highest BCUT2D eigenvalue weighted by atomic mass is 15.2. The number of nitrogens with zero attached hydrogens (tertiary/aromatic N) is 4. The van der Waals surface area contributed by atoms with Gasteiger partial charge in [0.2, 0.25) is 0 Å². The molecule has 0 aliphatic carbocycles. The summed E-state index contributed by atoms with van der Waals surface area (Å²) in [6.07, 6.45) is 3.64. The first-order chi connectivity index (χ1) is 7.78. The number of hydrogen-bond acceptors (Lipinski definition) is 5. The number of nitrogens with two attached hydrogens (primary N) is 1. The van der Waals surface area contributed by atoms with E-state index < -0.39 is 0 Å². The highest BCUT2D eigenvalue weighted by molar-refractivity contribution is 5.04. The number of aromatic nitrogens is 2. The van der Waals surface area contributed by atoms with Gasteiger partial charge in [0, 0.05) is 50.7 Å². The van der Waals surface area contributed by atoms with Crippen molar-refractivity contribution in [1.82, 2.24) is 19.8 Å². The van der Waals surface area contributed by atoms with Crippen LogP contribution in [-0.4, -0.2) is 53.0 Å². The van der Waals surface area contributed by atoms with Gasteiger partial charge in [-0.3, -0.25) is 4.90 Å². The largest absolute Gasteiger partial charge is 0.326 e. The molecule has 2 heterocycles. The van der Waals surface area contributed by atoms with E-state index in [1.165, 1.54) is 0 Å². The second-order valence-corrected chi connectivity index (χ2v) is 4.29. The van der Waals surface area contributed by atoms with Crippen molar-refractivity contribution in [3.05, 3.63) is 23.8 Å². The second kappa shape index (κ2) is 5.34. The van der Waals surface area contributed by atoms with Crippen molar-refractivity contribution in [2.24, 2.45) is 5.73 Å². The molecule has 1 aliphatic heterocycles. The Hall–Kier alpha value is -1.04. The van der Waals surface area contributed by atoms with Gasteiger partial charge in [-0.05, 0) is 7.05 Å². The van der Waals surface area contributed by atoms with Crippen LogP contribution in [0.25, 0.3) is 0 Å².